The quantitative estimate of drug-likeness (QED) is 0.736. The van der Waals surface area contributed by atoms with E-state index >= 15 is 0 Å². The number of carboxylic acids is 1. The number of alkyl carbamates (subject to hydrolysis) is 1. The summed E-state index contributed by atoms with van der Waals surface area (Å²) in [7, 11) is 0. The molecule has 0 saturated heterocycles. The summed E-state index contributed by atoms with van der Waals surface area (Å²) < 4.78 is 10.6. The number of hydrogen-bond donors (Lipinski definition) is 2. The number of carbonyl (C=O) groups is 4. The molecule has 2 N–H and O–H groups in total. The highest BCUT2D eigenvalue weighted by atomic mass is 16.6. The molecule has 2 aliphatic carbocycles. The second kappa shape index (κ2) is 5.71. The van der Waals surface area contributed by atoms with Crippen LogP contribution in [0, 0.1) is 17.8 Å². The first-order valence-corrected chi connectivity index (χ1v) is 8.18. The smallest absolute Gasteiger partial charge is 0.408 e. The van der Waals surface area contributed by atoms with Crippen molar-refractivity contribution in [2.24, 2.45) is 17.8 Å². The van der Waals surface area contributed by atoms with E-state index in [4.69, 9.17) is 9.47 Å². The van der Waals surface area contributed by atoms with E-state index in [1.165, 1.54) is 0 Å². The van der Waals surface area contributed by atoms with Crippen molar-refractivity contribution in [3.05, 3.63) is 0 Å². The number of amides is 1. The SMILES string of the molecule is CC(C)(C)OC(=O)N[C@@]1(C(=O)OC(C)(C)C)CC(=O)[C@H]2[C@H](C(=O)O)[C@H]21. The van der Waals surface area contributed by atoms with Crippen molar-refractivity contribution in [2.75, 3.05) is 0 Å². The van der Waals surface area contributed by atoms with Crippen LogP contribution in [0.3, 0.4) is 0 Å². The van der Waals surface area contributed by atoms with E-state index < -0.39 is 52.5 Å². The Hall–Kier alpha value is -2.12. The number of fused-ring (bicyclic) bond motifs is 1. The molecule has 4 atom stereocenters. The summed E-state index contributed by atoms with van der Waals surface area (Å²) in [5.41, 5.74) is -3.37. The van der Waals surface area contributed by atoms with E-state index in [1.807, 2.05) is 0 Å². The molecule has 0 radical (unpaired) electrons. The molecule has 0 unspecified atom stereocenters. The standard InChI is InChI=1S/C17H25NO7/c1-15(2,3)24-13(22)17(18-14(23)25-16(4,5)6)7-8(19)9-10(11(9)17)12(20)21/h9-11H,7H2,1-6H3,(H,18,23)(H,20,21)/t9-,10-,11-,17-/m0/s1. The molecular weight excluding hydrogens is 330 g/mol. The van der Waals surface area contributed by atoms with Gasteiger partial charge in [-0.2, -0.15) is 0 Å². The van der Waals surface area contributed by atoms with E-state index in [-0.39, 0.29) is 12.2 Å². The van der Waals surface area contributed by atoms with Crippen molar-refractivity contribution in [3.63, 3.8) is 0 Å². The predicted octanol–water partition coefficient (Wildman–Crippen LogP) is 1.51. The van der Waals surface area contributed by atoms with Gasteiger partial charge in [0, 0.05) is 18.3 Å². The molecule has 0 bridgehead atoms. The summed E-state index contributed by atoms with van der Waals surface area (Å²) in [4.78, 5) is 48.6. The number of ether oxygens (including phenoxy) is 2. The molecule has 0 aliphatic heterocycles. The Kier molecular flexibility index (Phi) is 4.39. The van der Waals surface area contributed by atoms with Crippen LogP contribution in [0.1, 0.15) is 48.0 Å². The predicted molar refractivity (Wildman–Crippen MR) is 85.7 cm³/mol. The number of esters is 1. The lowest BCUT2D eigenvalue weighted by Crippen LogP contribution is -2.59. The maximum absolute atomic E-state index is 12.8. The molecule has 2 fully saturated rings. The molecule has 0 heterocycles. The number of carboxylic acid groups (broad SMARTS) is 1. The van der Waals surface area contributed by atoms with Crippen LogP contribution in [0.5, 0.6) is 0 Å². The molecule has 0 aromatic carbocycles. The molecule has 0 aromatic rings. The molecule has 2 rings (SSSR count). The third kappa shape index (κ3) is 3.77. The summed E-state index contributed by atoms with van der Waals surface area (Å²) in [6, 6.07) is 0. The van der Waals surface area contributed by atoms with Gasteiger partial charge < -0.3 is 19.9 Å². The van der Waals surface area contributed by atoms with Gasteiger partial charge in [0.15, 0.2) is 5.54 Å². The van der Waals surface area contributed by atoms with Gasteiger partial charge in [-0.15, -0.1) is 0 Å². The van der Waals surface area contributed by atoms with Crippen LogP contribution in [0.2, 0.25) is 0 Å². The number of ketones is 1. The van der Waals surface area contributed by atoms with Crippen molar-refractivity contribution in [3.8, 4) is 0 Å². The Balaban J connectivity index is 2.33. The monoisotopic (exact) mass is 355 g/mol. The van der Waals surface area contributed by atoms with E-state index in [9.17, 15) is 24.3 Å². The molecule has 140 valence electrons. The fraction of sp³-hybridized carbons (Fsp3) is 0.765. The van der Waals surface area contributed by atoms with E-state index in [2.05, 4.69) is 5.32 Å². The second-order valence-electron chi connectivity index (χ2n) is 8.66. The van der Waals surface area contributed by atoms with Crippen molar-refractivity contribution >= 4 is 23.8 Å². The second-order valence-corrected chi connectivity index (χ2v) is 8.66. The molecule has 2 saturated carbocycles. The van der Waals surface area contributed by atoms with Crippen molar-refractivity contribution < 1.29 is 33.8 Å². The van der Waals surface area contributed by atoms with Crippen LogP contribution < -0.4 is 5.32 Å². The van der Waals surface area contributed by atoms with Crippen LogP contribution in [0.25, 0.3) is 0 Å². The Labute approximate surface area is 146 Å². The Bertz CT molecular complexity index is 624. The van der Waals surface area contributed by atoms with Gasteiger partial charge in [0.2, 0.25) is 0 Å². The fourth-order valence-electron chi connectivity index (χ4n) is 3.38. The first kappa shape index (κ1) is 19.2. The van der Waals surface area contributed by atoms with Crippen LogP contribution in [0.4, 0.5) is 4.79 Å². The number of nitrogens with one attached hydrogen (secondary N) is 1. The maximum atomic E-state index is 12.8. The largest absolute Gasteiger partial charge is 0.481 e. The number of hydrogen-bond acceptors (Lipinski definition) is 6. The summed E-state index contributed by atoms with van der Waals surface area (Å²) >= 11 is 0. The minimum absolute atomic E-state index is 0.291. The molecule has 25 heavy (non-hydrogen) atoms. The summed E-state index contributed by atoms with van der Waals surface area (Å²) in [6.07, 6.45) is -1.18. The first-order valence-electron chi connectivity index (χ1n) is 8.18. The first-order chi connectivity index (χ1) is 11.2. The van der Waals surface area contributed by atoms with Gasteiger partial charge in [-0.25, -0.2) is 9.59 Å². The molecule has 8 heteroatoms. The Morgan fingerprint density at radius 1 is 1.08 bits per heavy atom. The van der Waals surface area contributed by atoms with E-state index in [1.54, 1.807) is 41.5 Å². The molecule has 0 aromatic heterocycles. The number of aliphatic carboxylic acids is 1. The number of rotatable bonds is 3. The average molecular weight is 355 g/mol. The van der Waals surface area contributed by atoms with E-state index in [0.29, 0.717) is 0 Å². The lowest BCUT2D eigenvalue weighted by molar-refractivity contribution is -0.165. The summed E-state index contributed by atoms with van der Waals surface area (Å²) in [5.74, 6) is -4.93. The van der Waals surface area contributed by atoms with Gasteiger partial charge in [-0.3, -0.25) is 9.59 Å². The zero-order chi connectivity index (χ0) is 19.4. The van der Waals surface area contributed by atoms with Gasteiger partial charge in [0.05, 0.1) is 5.92 Å². The van der Waals surface area contributed by atoms with Crippen molar-refractivity contribution in [1.82, 2.24) is 5.32 Å². The normalized spacial score (nSPS) is 31.1. The minimum atomic E-state index is -1.71. The lowest BCUT2D eigenvalue weighted by atomic mass is 9.89. The third-order valence-corrected chi connectivity index (χ3v) is 4.19. The highest BCUT2D eigenvalue weighted by Gasteiger charge is 2.76. The molecule has 2 aliphatic rings. The van der Waals surface area contributed by atoms with Gasteiger partial charge >= 0.3 is 18.0 Å². The zero-order valence-electron chi connectivity index (χ0n) is 15.3. The van der Waals surface area contributed by atoms with Crippen LogP contribution in [0.15, 0.2) is 0 Å². The van der Waals surface area contributed by atoms with Gasteiger partial charge in [-0.1, -0.05) is 0 Å². The molecular formula is C17H25NO7. The number of Topliss-reactive ketones (excluding diaryl/α,β-unsaturated/α-hetero) is 1. The van der Waals surface area contributed by atoms with Crippen LogP contribution in [-0.2, 0) is 23.9 Å². The highest BCUT2D eigenvalue weighted by molar-refractivity contribution is 6.04. The van der Waals surface area contributed by atoms with Gasteiger partial charge in [-0.05, 0) is 41.5 Å². The van der Waals surface area contributed by atoms with E-state index in [0.717, 1.165) is 0 Å². The van der Waals surface area contributed by atoms with Gasteiger partial charge in [0.1, 0.15) is 17.0 Å². The van der Waals surface area contributed by atoms with Crippen molar-refractivity contribution in [1.29, 1.82) is 0 Å². The Morgan fingerprint density at radius 3 is 2.00 bits per heavy atom. The molecule has 8 nitrogen and oxygen atoms in total. The summed E-state index contributed by atoms with van der Waals surface area (Å²) in [5, 5.41) is 11.8. The molecule has 1 amide bonds. The maximum Gasteiger partial charge on any atom is 0.408 e. The minimum Gasteiger partial charge on any atom is -0.481 e. The zero-order valence-corrected chi connectivity index (χ0v) is 15.3. The van der Waals surface area contributed by atoms with Crippen LogP contribution >= 0.6 is 0 Å². The number of carbonyl (C=O) groups excluding carboxylic acids is 3. The fourth-order valence-corrected chi connectivity index (χ4v) is 3.38. The summed E-state index contributed by atoms with van der Waals surface area (Å²) in [6.45, 7) is 9.94. The van der Waals surface area contributed by atoms with Gasteiger partial charge in [0.25, 0.3) is 0 Å². The molecule has 0 spiro atoms. The average Bonchev–Trinajstić information content (AvgIpc) is 3.02. The lowest BCUT2D eigenvalue weighted by Gasteiger charge is -2.34. The topological polar surface area (TPSA) is 119 Å². The van der Waals surface area contributed by atoms with Crippen LogP contribution in [-0.4, -0.2) is 45.7 Å². The third-order valence-electron chi connectivity index (χ3n) is 4.19. The highest BCUT2D eigenvalue weighted by Crippen LogP contribution is 2.61. The van der Waals surface area contributed by atoms with Crippen molar-refractivity contribution in [2.45, 2.75) is 64.7 Å². The Morgan fingerprint density at radius 2 is 1.60 bits per heavy atom.